The molecule has 4 N–H and O–H groups in total. The van der Waals surface area contributed by atoms with E-state index in [0.717, 1.165) is 6.07 Å². The van der Waals surface area contributed by atoms with Crippen LogP contribution < -0.4 is 5.73 Å². The Labute approximate surface area is 73.4 Å². The van der Waals surface area contributed by atoms with Crippen molar-refractivity contribution in [1.29, 1.82) is 0 Å². The summed E-state index contributed by atoms with van der Waals surface area (Å²) in [5, 5.41) is 17.7. The van der Waals surface area contributed by atoms with Crippen molar-refractivity contribution in [3.8, 4) is 5.75 Å². The third-order valence-corrected chi connectivity index (χ3v) is 1.65. The summed E-state index contributed by atoms with van der Waals surface area (Å²) in [6.45, 7) is -0.490. The molecule has 0 heterocycles. The standard InChI is InChI=1S/C8H9F2NO2/c9-4-1-5(7(11)3-12)8(13)6(10)2-4/h1-2,7,12-13H,3,11H2. The molecule has 1 aromatic rings. The van der Waals surface area contributed by atoms with Gasteiger partial charge < -0.3 is 15.9 Å². The van der Waals surface area contributed by atoms with Gasteiger partial charge in [-0.15, -0.1) is 0 Å². The van der Waals surface area contributed by atoms with Crippen molar-refractivity contribution in [1.82, 2.24) is 0 Å². The maximum atomic E-state index is 12.7. The molecule has 1 atom stereocenters. The number of phenols is 1. The Morgan fingerprint density at radius 3 is 2.54 bits per heavy atom. The first kappa shape index (κ1) is 9.88. The van der Waals surface area contributed by atoms with Crippen LogP contribution in [0, 0.1) is 11.6 Å². The van der Waals surface area contributed by atoms with Gasteiger partial charge in [-0.3, -0.25) is 0 Å². The van der Waals surface area contributed by atoms with Crippen molar-refractivity contribution < 1.29 is 19.0 Å². The molecule has 0 amide bonds. The summed E-state index contributed by atoms with van der Waals surface area (Å²) >= 11 is 0. The maximum absolute atomic E-state index is 12.7. The highest BCUT2D eigenvalue weighted by molar-refractivity contribution is 5.36. The molecule has 0 spiro atoms. The van der Waals surface area contributed by atoms with E-state index in [4.69, 9.17) is 15.9 Å². The Balaban J connectivity index is 3.20. The Morgan fingerprint density at radius 2 is 2.00 bits per heavy atom. The number of rotatable bonds is 2. The van der Waals surface area contributed by atoms with E-state index in [2.05, 4.69) is 0 Å². The topological polar surface area (TPSA) is 66.5 Å². The molecule has 13 heavy (non-hydrogen) atoms. The van der Waals surface area contributed by atoms with E-state index in [1.165, 1.54) is 0 Å². The first-order chi connectivity index (χ1) is 6.06. The molecule has 1 rings (SSSR count). The van der Waals surface area contributed by atoms with Crippen LogP contribution in [-0.4, -0.2) is 16.8 Å². The van der Waals surface area contributed by atoms with E-state index in [9.17, 15) is 8.78 Å². The van der Waals surface area contributed by atoms with Gasteiger partial charge in [0.2, 0.25) is 0 Å². The van der Waals surface area contributed by atoms with Crippen LogP contribution in [0.2, 0.25) is 0 Å². The molecule has 1 aromatic carbocycles. The molecule has 1 unspecified atom stereocenters. The lowest BCUT2D eigenvalue weighted by molar-refractivity contribution is 0.264. The summed E-state index contributed by atoms with van der Waals surface area (Å²) in [5.41, 5.74) is 5.15. The van der Waals surface area contributed by atoms with Crippen molar-refractivity contribution in [2.75, 3.05) is 6.61 Å². The largest absolute Gasteiger partial charge is 0.505 e. The van der Waals surface area contributed by atoms with Gasteiger partial charge in [-0.05, 0) is 6.07 Å². The molecular formula is C8H9F2NO2. The van der Waals surface area contributed by atoms with Gasteiger partial charge in [-0.2, -0.15) is 0 Å². The average molecular weight is 189 g/mol. The number of aromatic hydroxyl groups is 1. The van der Waals surface area contributed by atoms with Crippen LogP contribution in [0.3, 0.4) is 0 Å². The Bertz CT molecular complexity index is 317. The number of hydrogen-bond acceptors (Lipinski definition) is 3. The molecule has 0 saturated heterocycles. The summed E-state index contributed by atoms with van der Waals surface area (Å²) in [5.74, 6) is -2.64. The quantitative estimate of drug-likeness (QED) is 0.640. The Morgan fingerprint density at radius 1 is 1.38 bits per heavy atom. The van der Waals surface area contributed by atoms with Gasteiger partial charge in [0.25, 0.3) is 0 Å². The lowest BCUT2D eigenvalue weighted by Gasteiger charge is -2.10. The molecule has 0 aromatic heterocycles. The van der Waals surface area contributed by atoms with Gasteiger partial charge in [0, 0.05) is 11.6 Å². The van der Waals surface area contributed by atoms with Gasteiger partial charge in [-0.25, -0.2) is 8.78 Å². The van der Waals surface area contributed by atoms with Crippen molar-refractivity contribution in [2.45, 2.75) is 6.04 Å². The number of aliphatic hydroxyl groups excluding tert-OH is 1. The molecule has 0 aliphatic heterocycles. The van der Waals surface area contributed by atoms with Gasteiger partial charge in [-0.1, -0.05) is 0 Å². The summed E-state index contributed by atoms with van der Waals surface area (Å²) < 4.78 is 25.3. The highest BCUT2D eigenvalue weighted by Crippen LogP contribution is 2.26. The first-order valence-corrected chi connectivity index (χ1v) is 3.60. The molecule has 0 saturated carbocycles. The van der Waals surface area contributed by atoms with Crippen LogP contribution in [0.1, 0.15) is 11.6 Å². The number of aliphatic hydroxyl groups is 1. The second kappa shape index (κ2) is 3.68. The predicted octanol–water partition coefficient (Wildman–Crippen LogP) is 0.662. The monoisotopic (exact) mass is 189 g/mol. The van der Waals surface area contributed by atoms with Crippen molar-refractivity contribution >= 4 is 0 Å². The van der Waals surface area contributed by atoms with Gasteiger partial charge >= 0.3 is 0 Å². The lowest BCUT2D eigenvalue weighted by atomic mass is 10.1. The van der Waals surface area contributed by atoms with E-state index in [1.807, 2.05) is 0 Å². The predicted molar refractivity (Wildman–Crippen MR) is 42.0 cm³/mol. The van der Waals surface area contributed by atoms with Crippen LogP contribution in [0.4, 0.5) is 8.78 Å². The molecule has 3 nitrogen and oxygen atoms in total. The van der Waals surface area contributed by atoms with Crippen molar-refractivity contribution in [3.05, 3.63) is 29.3 Å². The zero-order valence-corrected chi connectivity index (χ0v) is 6.67. The second-order valence-corrected chi connectivity index (χ2v) is 2.61. The maximum Gasteiger partial charge on any atom is 0.168 e. The minimum absolute atomic E-state index is 0.139. The summed E-state index contributed by atoms with van der Waals surface area (Å²) in [6.07, 6.45) is 0. The molecule has 0 aliphatic rings. The number of nitrogens with two attached hydrogens (primary N) is 1. The fourth-order valence-corrected chi connectivity index (χ4v) is 0.967. The third kappa shape index (κ3) is 1.93. The number of hydrogen-bond donors (Lipinski definition) is 3. The van der Waals surface area contributed by atoms with Gasteiger partial charge in [0.1, 0.15) is 5.82 Å². The smallest absolute Gasteiger partial charge is 0.168 e. The number of benzene rings is 1. The van der Waals surface area contributed by atoms with E-state index in [0.29, 0.717) is 6.07 Å². The van der Waals surface area contributed by atoms with Crippen molar-refractivity contribution in [3.63, 3.8) is 0 Å². The summed E-state index contributed by atoms with van der Waals surface area (Å²) in [7, 11) is 0. The van der Waals surface area contributed by atoms with Crippen LogP contribution in [0.25, 0.3) is 0 Å². The van der Waals surface area contributed by atoms with E-state index < -0.39 is 30.0 Å². The fraction of sp³-hybridized carbons (Fsp3) is 0.250. The minimum Gasteiger partial charge on any atom is -0.505 e. The lowest BCUT2D eigenvalue weighted by Crippen LogP contribution is -2.15. The molecule has 5 heteroatoms. The zero-order chi connectivity index (χ0) is 10.0. The van der Waals surface area contributed by atoms with Gasteiger partial charge in [0.15, 0.2) is 11.6 Å². The van der Waals surface area contributed by atoms with Crippen molar-refractivity contribution in [2.24, 2.45) is 5.73 Å². The molecular weight excluding hydrogens is 180 g/mol. The van der Waals surface area contributed by atoms with Crippen LogP contribution in [-0.2, 0) is 0 Å². The molecule has 0 radical (unpaired) electrons. The minimum atomic E-state index is -1.08. The molecule has 0 bridgehead atoms. The highest BCUT2D eigenvalue weighted by atomic mass is 19.1. The second-order valence-electron chi connectivity index (χ2n) is 2.61. The number of phenolic OH excluding ortho intramolecular Hbond substituents is 1. The molecule has 72 valence electrons. The molecule has 0 fully saturated rings. The van der Waals surface area contributed by atoms with Crippen LogP contribution in [0.5, 0.6) is 5.75 Å². The fourth-order valence-electron chi connectivity index (χ4n) is 0.967. The molecule has 0 aliphatic carbocycles. The SMILES string of the molecule is NC(CO)c1cc(F)cc(F)c1O. The van der Waals surface area contributed by atoms with Crippen LogP contribution >= 0.6 is 0 Å². The van der Waals surface area contributed by atoms with Crippen LogP contribution in [0.15, 0.2) is 12.1 Å². The van der Waals surface area contributed by atoms with E-state index in [1.54, 1.807) is 0 Å². The Hall–Kier alpha value is -1.20. The third-order valence-electron chi connectivity index (χ3n) is 1.65. The first-order valence-electron chi connectivity index (χ1n) is 3.60. The average Bonchev–Trinajstić information content (AvgIpc) is 2.10. The zero-order valence-electron chi connectivity index (χ0n) is 6.67. The summed E-state index contributed by atoms with van der Waals surface area (Å²) in [4.78, 5) is 0. The van der Waals surface area contributed by atoms with E-state index >= 15 is 0 Å². The normalized spacial score (nSPS) is 12.9. The highest BCUT2D eigenvalue weighted by Gasteiger charge is 2.15. The van der Waals surface area contributed by atoms with Gasteiger partial charge in [0.05, 0.1) is 12.6 Å². The summed E-state index contributed by atoms with van der Waals surface area (Å²) in [6, 6.07) is 0.451. The Kier molecular flexibility index (Phi) is 2.79. The van der Waals surface area contributed by atoms with E-state index in [-0.39, 0.29) is 5.56 Å². The number of halogens is 2.